The Morgan fingerprint density at radius 2 is 2.06 bits per heavy atom. The van der Waals surface area contributed by atoms with Crippen molar-refractivity contribution in [1.82, 2.24) is 10.6 Å². The van der Waals surface area contributed by atoms with E-state index >= 15 is 0 Å². The molecular formula is C12H18N2O2S. The van der Waals surface area contributed by atoms with Gasteiger partial charge in [-0.2, -0.15) is 0 Å². The molecule has 0 fully saturated rings. The van der Waals surface area contributed by atoms with E-state index in [9.17, 15) is 9.59 Å². The topological polar surface area (TPSA) is 58.2 Å². The van der Waals surface area contributed by atoms with E-state index < -0.39 is 0 Å². The lowest BCUT2D eigenvalue weighted by molar-refractivity contribution is -0.121. The van der Waals surface area contributed by atoms with Crippen molar-refractivity contribution >= 4 is 23.2 Å². The molecule has 0 saturated heterocycles. The second-order valence-corrected chi connectivity index (χ2v) is 4.63. The molecule has 1 aromatic rings. The van der Waals surface area contributed by atoms with Crippen LogP contribution in [-0.4, -0.2) is 24.9 Å². The molecule has 2 amide bonds. The zero-order valence-electron chi connectivity index (χ0n) is 9.99. The van der Waals surface area contributed by atoms with Crippen molar-refractivity contribution in [2.75, 3.05) is 13.1 Å². The summed E-state index contributed by atoms with van der Waals surface area (Å²) in [6.45, 7) is 3.00. The summed E-state index contributed by atoms with van der Waals surface area (Å²) in [5.74, 6) is -0.0278. The van der Waals surface area contributed by atoms with Crippen LogP contribution in [0.2, 0.25) is 0 Å². The molecule has 1 heterocycles. The summed E-state index contributed by atoms with van der Waals surface area (Å²) >= 11 is 1.41. The van der Waals surface area contributed by atoms with E-state index in [1.807, 2.05) is 11.4 Å². The van der Waals surface area contributed by atoms with Gasteiger partial charge in [-0.05, 0) is 17.9 Å². The molecule has 0 aromatic carbocycles. The van der Waals surface area contributed by atoms with Gasteiger partial charge >= 0.3 is 0 Å². The number of carbonyl (C=O) groups is 2. The van der Waals surface area contributed by atoms with Crippen LogP contribution in [0.25, 0.3) is 0 Å². The number of carbonyl (C=O) groups excluding carboxylic acids is 2. The first-order valence-corrected chi connectivity index (χ1v) is 6.70. The highest BCUT2D eigenvalue weighted by Gasteiger charge is 2.05. The second-order valence-electron chi connectivity index (χ2n) is 3.69. The Hall–Kier alpha value is -1.36. The number of amides is 2. The molecule has 0 saturated carbocycles. The Kier molecular flexibility index (Phi) is 6.32. The van der Waals surface area contributed by atoms with E-state index in [0.717, 1.165) is 12.8 Å². The summed E-state index contributed by atoms with van der Waals surface area (Å²) in [6, 6.07) is 3.62. The number of nitrogens with one attached hydrogen (secondary N) is 2. The minimum Gasteiger partial charge on any atom is -0.354 e. The summed E-state index contributed by atoms with van der Waals surface area (Å²) < 4.78 is 0. The molecule has 0 aliphatic rings. The number of hydrogen-bond donors (Lipinski definition) is 2. The molecule has 0 bridgehead atoms. The second kappa shape index (κ2) is 7.84. The molecule has 17 heavy (non-hydrogen) atoms. The third kappa shape index (κ3) is 5.49. The molecule has 94 valence electrons. The van der Waals surface area contributed by atoms with Crippen molar-refractivity contribution in [2.45, 2.75) is 26.2 Å². The maximum atomic E-state index is 11.5. The Morgan fingerprint density at radius 1 is 1.29 bits per heavy atom. The van der Waals surface area contributed by atoms with Gasteiger partial charge in [-0.25, -0.2) is 0 Å². The minimum absolute atomic E-state index is 0.0530. The molecule has 0 aliphatic carbocycles. The van der Waals surface area contributed by atoms with Crippen molar-refractivity contribution in [2.24, 2.45) is 0 Å². The molecule has 5 heteroatoms. The van der Waals surface area contributed by atoms with Gasteiger partial charge in [-0.3, -0.25) is 9.59 Å². The maximum Gasteiger partial charge on any atom is 0.261 e. The fourth-order valence-electron chi connectivity index (χ4n) is 1.30. The van der Waals surface area contributed by atoms with Crippen LogP contribution in [0.4, 0.5) is 0 Å². The van der Waals surface area contributed by atoms with Gasteiger partial charge in [0, 0.05) is 19.5 Å². The molecule has 2 N–H and O–H groups in total. The van der Waals surface area contributed by atoms with E-state index in [4.69, 9.17) is 0 Å². The molecule has 1 aromatic heterocycles. The van der Waals surface area contributed by atoms with Gasteiger partial charge in [0.05, 0.1) is 4.88 Å². The molecule has 4 nitrogen and oxygen atoms in total. The normalized spacial score (nSPS) is 9.94. The lowest BCUT2D eigenvalue weighted by Gasteiger charge is -2.05. The Balaban J connectivity index is 2.08. The third-order valence-electron chi connectivity index (χ3n) is 2.24. The van der Waals surface area contributed by atoms with Crippen LogP contribution in [0, 0.1) is 0 Å². The highest BCUT2D eigenvalue weighted by molar-refractivity contribution is 7.12. The summed E-state index contributed by atoms with van der Waals surface area (Å²) in [4.78, 5) is 23.5. The first-order valence-electron chi connectivity index (χ1n) is 5.82. The van der Waals surface area contributed by atoms with E-state index in [0.29, 0.717) is 24.4 Å². The lowest BCUT2D eigenvalue weighted by Crippen LogP contribution is -2.34. The highest BCUT2D eigenvalue weighted by Crippen LogP contribution is 2.07. The van der Waals surface area contributed by atoms with Crippen molar-refractivity contribution in [3.05, 3.63) is 22.4 Å². The van der Waals surface area contributed by atoms with Gasteiger partial charge in [0.15, 0.2) is 0 Å². The van der Waals surface area contributed by atoms with Crippen LogP contribution in [-0.2, 0) is 4.79 Å². The molecule has 0 radical (unpaired) electrons. The van der Waals surface area contributed by atoms with Crippen molar-refractivity contribution < 1.29 is 9.59 Å². The lowest BCUT2D eigenvalue weighted by atomic mass is 10.2. The van der Waals surface area contributed by atoms with Gasteiger partial charge in [0.25, 0.3) is 5.91 Å². The van der Waals surface area contributed by atoms with Gasteiger partial charge in [0.1, 0.15) is 0 Å². The fourth-order valence-corrected chi connectivity index (χ4v) is 1.94. The summed E-state index contributed by atoms with van der Waals surface area (Å²) in [7, 11) is 0. The predicted octanol–water partition coefficient (Wildman–Crippen LogP) is 1.78. The number of thiophene rings is 1. The van der Waals surface area contributed by atoms with Gasteiger partial charge in [-0.1, -0.05) is 19.4 Å². The van der Waals surface area contributed by atoms with Crippen LogP contribution in [0.15, 0.2) is 17.5 Å². The van der Waals surface area contributed by atoms with E-state index in [-0.39, 0.29) is 11.8 Å². The van der Waals surface area contributed by atoms with Crippen LogP contribution < -0.4 is 10.6 Å². The summed E-state index contributed by atoms with van der Waals surface area (Å²) in [6.07, 6.45) is 2.49. The average molecular weight is 254 g/mol. The summed E-state index contributed by atoms with van der Waals surface area (Å²) in [5.41, 5.74) is 0. The number of rotatable bonds is 7. The van der Waals surface area contributed by atoms with Gasteiger partial charge < -0.3 is 10.6 Å². The maximum absolute atomic E-state index is 11.5. The largest absolute Gasteiger partial charge is 0.354 e. The van der Waals surface area contributed by atoms with Crippen molar-refractivity contribution in [3.63, 3.8) is 0 Å². The molecular weight excluding hydrogens is 236 g/mol. The van der Waals surface area contributed by atoms with E-state index in [2.05, 4.69) is 17.6 Å². The molecule has 0 unspecified atom stereocenters. The number of hydrogen-bond acceptors (Lipinski definition) is 3. The first-order chi connectivity index (χ1) is 8.24. The monoisotopic (exact) mass is 254 g/mol. The zero-order chi connectivity index (χ0) is 12.5. The molecule has 0 atom stereocenters. The van der Waals surface area contributed by atoms with Gasteiger partial charge in [-0.15, -0.1) is 11.3 Å². The predicted molar refractivity (Wildman–Crippen MR) is 69.2 cm³/mol. The van der Waals surface area contributed by atoms with E-state index in [1.165, 1.54) is 11.3 Å². The SMILES string of the molecule is CCCCC(=O)NCCNC(=O)c1cccs1. The Morgan fingerprint density at radius 3 is 2.71 bits per heavy atom. The third-order valence-corrected chi connectivity index (χ3v) is 3.10. The Labute approximate surface area is 105 Å². The van der Waals surface area contributed by atoms with Crippen molar-refractivity contribution in [3.8, 4) is 0 Å². The van der Waals surface area contributed by atoms with E-state index in [1.54, 1.807) is 6.07 Å². The zero-order valence-corrected chi connectivity index (χ0v) is 10.8. The average Bonchev–Trinajstić information content (AvgIpc) is 2.85. The van der Waals surface area contributed by atoms with Gasteiger partial charge in [0.2, 0.25) is 5.91 Å². The molecule has 1 rings (SSSR count). The van der Waals surface area contributed by atoms with Crippen LogP contribution >= 0.6 is 11.3 Å². The summed E-state index contributed by atoms with van der Waals surface area (Å²) in [5, 5.41) is 7.38. The quantitative estimate of drug-likeness (QED) is 0.729. The molecule has 0 spiro atoms. The minimum atomic E-state index is -0.0807. The number of unbranched alkanes of at least 4 members (excludes halogenated alkanes) is 1. The van der Waals surface area contributed by atoms with Crippen molar-refractivity contribution in [1.29, 1.82) is 0 Å². The highest BCUT2D eigenvalue weighted by atomic mass is 32.1. The van der Waals surface area contributed by atoms with Crippen LogP contribution in [0.3, 0.4) is 0 Å². The van der Waals surface area contributed by atoms with Crippen LogP contribution in [0.1, 0.15) is 35.9 Å². The first kappa shape index (κ1) is 13.7. The van der Waals surface area contributed by atoms with Crippen LogP contribution in [0.5, 0.6) is 0 Å². The fraction of sp³-hybridized carbons (Fsp3) is 0.500. The smallest absolute Gasteiger partial charge is 0.261 e. The standard InChI is InChI=1S/C12H18N2O2S/c1-2-3-6-11(15)13-7-8-14-12(16)10-5-4-9-17-10/h4-5,9H,2-3,6-8H2,1H3,(H,13,15)(H,14,16). The molecule has 0 aliphatic heterocycles. The Bertz CT molecular complexity index is 349.